The van der Waals surface area contributed by atoms with Crippen LogP contribution in [0, 0.1) is 5.82 Å². The number of carbonyl (C=O) groups excluding carboxylic acids is 1. The number of hydrogen-bond acceptors (Lipinski definition) is 2. The van der Waals surface area contributed by atoms with E-state index < -0.39 is 0 Å². The first-order valence-electron chi connectivity index (χ1n) is 6.04. The summed E-state index contributed by atoms with van der Waals surface area (Å²) in [6, 6.07) is 7.81. The van der Waals surface area contributed by atoms with Crippen molar-refractivity contribution in [1.82, 2.24) is 9.97 Å². The van der Waals surface area contributed by atoms with E-state index in [4.69, 9.17) is 0 Å². The Morgan fingerprint density at radius 1 is 1.30 bits per heavy atom. The van der Waals surface area contributed by atoms with Crippen LogP contribution in [-0.2, 0) is 6.42 Å². The van der Waals surface area contributed by atoms with Crippen molar-refractivity contribution in [3.8, 4) is 0 Å². The van der Waals surface area contributed by atoms with Gasteiger partial charge in [0.1, 0.15) is 11.5 Å². The molecule has 2 aromatic heterocycles. The third-order valence-electron chi connectivity index (χ3n) is 3.08. The fourth-order valence-electron chi connectivity index (χ4n) is 2.09. The molecule has 3 aromatic rings. The number of benzene rings is 1. The number of nitrogens with one attached hydrogen (secondary N) is 1. The molecule has 0 bridgehead atoms. The number of H-pyrrole nitrogens is 1. The van der Waals surface area contributed by atoms with E-state index in [1.807, 2.05) is 6.07 Å². The van der Waals surface area contributed by atoms with Crippen LogP contribution < -0.4 is 0 Å². The topological polar surface area (TPSA) is 45.8 Å². The van der Waals surface area contributed by atoms with Crippen LogP contribution in [-0.4, -0.2) is 15.8 Å². The van der Waals surface area contributed by atoms with E-state index in [1.165, 1.54) is 12.1 Å². The highest BCUT2D eigenvalue weighted by molar-refractivity contribution is 9.10. The lowest BCUT2D eigenvalue weighted by Gasteiger charge is -2.01. The average Bonchev–Trinajstić information content (AvgIpc) is 2.84. The monoisotopic (exact) mass is 332 g/mol. The number of nitrogens with zero attached hydrogens (tertiary/aromatic N) is 1. The van der Waals surface area contributed by atoms with Crippen molar-refractivity contribution < 1.29 is 9.18 Å². The molecule has 1 aromatic carbocycles. The third-order valence-corrected chi connectivity index (χ3v) is 3.51. The van der Waals surface area contributed by atoms with Crippen molar-refractivity contribution in [3.05, 3.63) is 64.1 Å². The molecule has 0 atom stereocenters. The van der Waals surface area contributed by atoms with Gasteiger partial charge >= 0.3 is 0 Å². The summed E-state index contributed by atoms with van der Waals surface area (Å²) in [6.45, 7) is 0. The lowest BCUT2D eigenvalue weighted by Crippen LogP contribution is -2.02. The number of Topliss-reactive ketones (excluding diaryl/α,β-unsaturated/α-hetero) is 1. The van der Waals surface area contributed by atoms with Crippen molar-refractivity contribution in [2.75, 3.05) is 0 Å². The maximum Gasteiger partial charge on any atom is 0.169 e. The van der Waals surface area contributed by atoms with Crippen molar-refractivity contribution in [2.24, 2.45) is 0 Å². The van der Waals surface area contributed by atoms with Gasteiger partial charge in [-0.15, -0.1) is 0 Å². The van der Waals surface area contributed by atoms with Crippen LogP contribution in [0.1, 0.15) is 15.9 Å². The first kappa shape index (κ1) is 13.0. The Kier molecular flexibility index (Phi) is 3.36. The van der Waals surface area contributed by atoms with Gasteiger partial charge in [0.05, 0.1) is 0 Å². The summed E-state index contributed by atoms with van der Waals surface area (Å²) in [5.41, 5.74) is 2.06. The summed E-state index contributed by atoms with van der Waals surface area (Å²) in [5.74, 6) is -0.329. The Balaban J connectivity index is 1.92. The van der Waals surface area contributed by atoms with Crippen molar-refractivity contribution >= 4 is 32.7 Å². The number of hydrogen-bond donors (Lipinski definition) is 1. The predicted octanol–water partition coefficient (Wildman–Crippen LogP) is 3.89. The zero-order valence-electron chi connectivity index (χ0n) is 10.4. The molecule has 3 nitrogen and oxygen atoms in total. The molecule has 0 saturated heterocycles. The van der Waals surface area contributed by atoms with E-state index in [0.717, 1.165) is 15.4 Å². The number of rotatable bonds is 3. The van der Waals surface area contributed by atoms with E-state index in [1.54, 1.807) is 24.5 Å². The number of pyridine rings is 1. The van der Waals surface area contributed by atoms with Crippen molar-refractivity contribution in [2.45, 2.75) is 6.42 Å². The molecular weight excluding hydrogens is 323 g/mol. The van der Waals surface area contributed by atoms with Gasteiger partial charge in [-0.05, 0) is 39.7 Å². The Morgan fingerprint density at radius 3 is 2.80 bits per heavy atom. The molecule has 20 heavy (non-hydrogen) atoms. The van der Waals surface area contributed by atoms with Gasteiger partial charge in [-0.1, -0.05) is 12.1 Å². The second-order valence-corrected chi connectivity index (χ2v) is 5.39. The number of aromatic nitrogens is 2. The maximum absolute atomic E-state index is 12.8. The largest absolute Gasteiger partial charge is 0.345 e. The Morgan fingerprint density at radius 2 is 2.05 bits per heavy atom. The van der Waals surface area contributed by atoms with E-state index in [-0.39, 0.29) is 18.0 Å². The van der Waals surface area contributed by atoms with E-state index in [0.29, 0.717) is 11.2 Å². The van der Waals surface area contributed by atoms with Crippen molar-refractivity contribution in [1.29, 1.82) is 0 Å². The highest BCUT2D eigenvalue weighted by Gasteiger charge is 2.13. The minimum Gasteiger partial charge on any atom is -0.345 e. The van der Waals surface area contributed by atoms with E-state index >= 15 is 0 Å². The second-order valence-electron chi connectivity index (χ2n) is 4.48. The number of carbonyl (C=O) groups is 1. The average molecular weight is 333 g/mol. The van der Waals surface area contributed by atoms with Crippen LogP contribution in [0.15, 0.2) is 47.2 Å². The summed E-state index contributed by atoms with van der Waals surface area (Å²) in [7, 11) is 0. The molecule has 0 unspecified atom stereocenters. The summed E-state index contributed by atoms with van der Waals surface area (Å²) in [4.78, 5) is 19.5. The van der Waals surface area contributed by atoms with Crippen LogP contribution in [0.5, 0.6) is 0 Å². The van der Waals surface area contributed by atoms with Gasteiger partial charge in [0.2, 0.25) is 0 Å². The van der Waals surface area contributed by atoms with Crippen LogP contribution >= 0.6 is 15.9 Å². The standard InChI is InChI=1S/C15H10BrFN2O/c16-10-6-12-13(8-19-15(12)18-7-10)14(20)5-9-1-3-11(17)4-2-9/h1-4,6-8H,5H2,(H,18,19). The molecule has 1 N–H and O–H groups in total. The number of aromatic amines is 1. The molecule has 0 amide bonds. The van der Waals surface area contributed by atoms with Crippen LogP contribution in [0.4, 0.5) is 4.39 Å². The van der Waals surface area contributed by atoms with Crippen LogP contribution in [0.25, 0.3) is 11.0 Å². The summed E-state index contributed by atoms with van der Waals surface area (Å²) in [6.07, 6.45) is 3.57. The number of fused-ring (bicyclic) bond motifs is 1. The predicted molar refractivity (Wildman–Crippen MR) is 78.2 cm³/mol. The van der Waals surface area contributed by atoms with Gasteiger partial charge in [-0.2, -0.15) is 0 Å². The summed E-state index contributed by atoms with van der Waals surface area (Å²) < 4.78 is 13.7. The van der Waals surface area contributed by atoms with Gasteiger partial charge in [-0.3, -0.25) is 4.79 Å². The molecule has 100 valence electrons. The summed E-state index contributed by atoms with van der Waals surface area (Å²) >= 11 is 3.35. The van der Waals surface area contributed by atoms with Crippen LogP contribution in [0.2, 0.25) is 0 Å². The molecular formula is C15H10BrFN2O. The SMILES string of the molecule is O=C(Cc1ccc(F)cc1)c1c[nH]c2ncc(Br)cc12. The van der Waals surface area contributed by atoms with Gasteiger partial charge in [0.25, 0.3) is 0 Å². The Hall–Kier alpha value is -2.01. The smallest absolute Gasteiger partial charge is 0.169 e. The fourth-order valence-corrected chi connectivity index (χ4v) is 2.42. The normalized spacial score (nSPS) is 10.9. The first-order valence-corrected chi connectivity index (χ1v) is 6.83. The molecule has 0 spiro atoms. The molecule has 5 heteroatoms. The highest BCUT2D eigenvalue weighted by atomic mass is 79.9. The third kappa shape index (κ3) is 2.49. The fraction of sp³-hybridized carbons (Fsp3) is 0.0667. The van der Waals surface area contributed by atoms with Gasteiger partial charge < -0.3 is 4.98 Å². The molecule has 3 rings (SSSR count). The zero-order chi connectivity index (χ0) is 14.1. The first-order chi connectivity index (χ1) is 9.63. The van der Waals surface area contributed by atoms with E-state index in [2.05, 4.69) is 25.9 Å². The Labute approximate surface area is 123 Å². The van der Waals surface area contributed by atoms with E-state index in [9.17, 15) is 9.18 Å². The van der Waals surface area contributed by atoms with Gasteiger partial charge in [0.15, 0.2) is 5.78 Å². The highest BCUT2D eigenvalue weighted by Crippen LogP contribution is 2.22. The lowest BCUT2D eigenvalue weighted by atomic mass is 10.0. The minimum absolute atomic E-state index is 0.0252. The Bertz CT molecular complexity index is 780. The maximum atomic E-state index is 12.8. The van der Waals surface area contributed by atoms with Crippen molar-refractivity contribution in [3.63, 3.8) is 0 Å². The lowest BCUT2D eigenvalue weighted by molar-refractivity contribution is 0.0994. The quantitative estimate of drug-likeness (QED) is 0.739. The summed E-state index contributed by atoms with van der Waals surface area (Å²) in [5, 5.41) is 0.784. The minimum atomic E-state index is -0.304. The molecule has 0 aliphatic carbocycles. The molecule has 0 aliphatic heterocycles. The zero-order valence-corrected chi connectivity index (χ0v) is 11.9. The second kappa shape index (κ2) is 5.17. The van der Waals surface area contributed by atoms with Gasteiger partial charge in [0, 0.05) is 34.2 Å². The molecule has 0 fully saturated rings. The molecule has 0 saturated carbocycles. The molecule has 0 aliphatic rings. The van der Waals surface area contributed by atoms with Gasteiger partial charge in [-0.25, -0.2) is 9.37 Å². The molecule has 2 heterocycles. The number of ketones is 1. The number of halogens is 2. The van der Waals surface area contributed by atoms with Crippen LogP contribution in [0.3, 0.4) is 0 Å². The molecule has 0 radical (unpaired) electrons.